The van der Waals surface area contributed by atoms with E-state index in [1.54, 1.807) is 5.57 Å². The van der Waals surface area contributed by atoms with Crippen molar-refractivity contribution in [1.82, 2.24) is 4.90 Å². The van der Waals surface area contributed by atoms with Crippen LogP contribution in [-0.4, -0.2) is 76.4 Å². The molecule has 1 heterocycles. The van der Waals surface area contributed by atoms with Gasteiger partial charge in [0.15, 0.2) is 0 Å². The summed E-state index contributed by atoms with van der Waals surface area (Å²) >= 11 is 0. The van der Waals surface area contributed by atoms with Crippen molar-refractivity contribution in [1.29, 1.82) is 0 Å². The van der Waals surface area contributed by atoms with E-state index in [4.69, 9.17) is 18.9 Å². The van der Waals surface area contributed by atoms with E-state index in [0.29, 0.717) is 50.0 Å². The number of hydrogen-bond donors (Lipinski definition) is 0. The summed E-state index contributed by atoms with van der Waals surface area (Å²) < 4.78 is 25.2. The summed E-state index contributed by atoms with van der Waals surface area (Å²) in [6, 6.07) is 0. The molecule has 1 saturated heterocycles. The van der Waals surface area contributed by atoms with Crippen LogP contribution in [-0.2, 0) is 18.9 Å². The molecule has 5 aliphatic rings. The highest BCUT2D eigenvalue weighted by molar-refractivity contribution is 5.25. The number of fused-ring (bicyclic) bond motifs is 5. The first-order chi connectivity index (χ1) is 30.2. The molecule has 358 valence electrons. The second kappa shape index (κ2) is 28.9. The monoisotopic (exact) mass is 864 g/mol. The van der Waals surface area contributed by atoms with E-state index in [1.165, 1.54) is 161 Å². The lowest BCUT2D eigenvalue weighted by Crippen LogP contribution is -2.51. The van der Waals surface area contributed by atoms with Gasteiger partial charge in [-0.25, -0.2) is 0 Å². The molecule has 62 heavy (non-hydrogen) atoms. The van der Waals surface area contributed by atoms with E-state index in [1.807, 2.05) is 0 Å². The molecule has 0 aromatic carbocycles. The summed E-state index contributed by atoms with van der Waals surface area (Å²) in [6.45, 7) is 22.5. The maximum atomic E-state index is 6.52. The summed E-state index contributed by atoms with van der Waals surface area (Å²) in [5.74, 6) is 5.37. The average Bonchev–Trinajstić information content (AvgIpc) is 3.63. The normalized spacial score (nSPS) is 30.2. The number of unbranched alkanes of at least 4 members (excludes halogenated alkanes) is 9. The lowest BCUT2D eigenvalue weighted by atomic mass is 9.47. The highest BCUT2D eigenvalue weighted by Crippen LogP contribution is 2.67. The zero-order valence-electron chi connectivity index (χ0n) is 41.8. The van der Waals surface area contributed by atoms with Crippen LogP contribution in [0.1, 0.15) is 208 Å². The molecule has 0 aromatic heterocycles. The van der Waals surface area contributed by atoms with Gasteiger partial charge in [-0.3, -0.25) is 0 Å². The second-order valence-electron chi connectivity index (χ2n) is 22.2. The van der Waals surface area contributed by atoms with Crippen LogP contribution in [0.5, 0.6) is 0 Å². The fourth-order valence-electron chi connectivity index (χ4n) is 13.4. The van der Waals surface area contributed by atoms with Crippen molar-refractivity contribution < 1.29 is 18.9 Å². The predicted molar refractivity (Wildman–Crippen MR) is 264 cm³/mol. The van der Waals surface area contributed by atoms with Gasteiger partial charge in [0.1, 0.15) is 0 Å². The summed E-state index contributed by atoms with van der Waals surface area (Å²) in [5, 5.41) is 0. The molecule has 3 unspecified atom stereocenters. The van der Waals surface area contributed by atoms with Crippen molar-refractivity contribution >= 4 is 0 Å². The van der Waals surface area contributed by atoms with Crippen molar-refractivity contribution in [3.05, 3.63) is 36.0 Å². The molecule has 5 rings (SSSR count). The molecule has 0 N–H and O–H groups in total. The summed E-state index contributed by atoms with van der Waals surface area (Å²) in [6.07, 6.45) is 46.9. The molecule has 0 bridgehead atoms. The minimum Gasteiger partial charge on any atom is -0.379 e. The van der Waals surface area contributed by atoms with E-state index in [0.717, 1.165) is 67.9 Å². The lowest BCUT2D eigenvalue weighted by Gasteiger charge is -2.58. The molecule has 4 fully saturated rings. The Balaban J connectivity index is 0.912. The average molecular weight is 864 g/mol. The van der Waals surface area contributed by atoms with Gasteiger partial charge in [0, 0.05) is 13.2 Å². The van der Waals surface area contributed by atoms with Crippen LogP contribution in [0.2, 0.25) is 0 Å². The van der Waals surface area contributed by atoms with Gasteiger partial charge in [0.25, 0.3) is 0 Å². The van der Waals surface area contributed by atoms with Gasteiger partial charge in [-0.2, -0.15) is 0 Å². The van der Waals surface area contributed by atoms with Gasteiger partial charge in [-0.05, 0) is 162 Å². The van der Waals surface area contributed by atoms with Crippen molar-refractivity contribution in [2.45, 2.75) is 221 Å². The summed E-state index contributed by atoms with van der Waals surface area (Å²) in [4.78, 5) is 2.58. The van der Waals surface area contributed by atoms with E-state index in [9.17, 15) is 0 Å². The topological polar surface area (TPSA) is 40.2 Å². The Labute approximate surface area is 384 Å². The fraction of sp³-hybridized carbons (Fsp3) is 0.895. The van der Waals surface area contributed by atoms with Gasteiger partial charge >= 0.3 is 0 Å². The van der Waals surface area contributed by atoms with Crippen LogP contribution in [0, 0.1) is 46.3 Å². The Morgan fingerprint density at radius 1 is 0.710 bits per heavy atom. The van der Waals surface area contributed by atoms with Gasteiger partial charge < -0.3 is 23.8 Å². The summed E-state index contributed by atoms with van der Waals surface area (Å²) in [5.41, 5.74) is 2.68. The number of nitrogens with zero attached hydrogens (tertiary/aromatic N) is 1. The van der Waals surface area contributed by atoms with Crippen molar-refractivity contribution in [3.8, 4) is 0 Å². The SMILES string of the molecule is CCCCCC=CCC=CCCCCCCCCOC[C@H](CN1CCCCC1)OCCOCCO[C@H]1CC[C@@]2(C)C(=CCC3C2CC[C@@]2(C)C3CC[C@@H]2[C@H](C)CCCC(C)C)C1. The molecule has 0 spiro atoms. The van der Waals surface area contributed by atoms with Crippen LogP contribution in [0.3, 0.4) is 0 Å². The number of rotatable bonds is 32. The van der Waals surface area contributed by atoms with E-state index >= 15 is 0 Å². The van der Waals surface area contributed by atoms with Crippen LogP contribution in [0.25, 0.3) is 0 Å². The Morgan fingerprint density at radius 2 is 1.45 bits per heavy atom. The number of piperidine rings is 1. The molecule has 3 saturated carbocycles. The van der Waals surface area contributed by atoms with Gasteiger partial charge in [0.2, 0.25) is 0 Å². The van der Waals surface area contributed by atoms with Crippen LogP contribution in [0.4, 0.5) is 0 Å². The molecular formula is C57H101NO4. The minimum absolute atomic E-state index is 0.119. The summed E-state index contributed by atoms with van der Waals surface area (Å²) in [7, 11) is 0. The Kier molecular flexibility index (Phi) is 24.3. The smallest absolute Gasteiger partial charge is 0.0936 e. The number of hydrogen-bond acceptors (Lipinski definition) is 5. The van der Waals surface area contributed by atoms with E-state index in [-0.39, 0.29) is 6.10 Å². The number of allylic oxidation sites excluding steroid dienone is 5. The number of likely N-dealkylation sites (tertiary alicyclic amines) is 1. The highest BCUT2D eigenvalue weighted by atomic mass is 16.6. The van der Waals surface area contributed by atoms with Crippen LogP contribution >= 0.6 is 0 Å². The van der Waals surface area contributed by atoms with Gasteiger partial charge in [-0.15, -0.1) is 0 Å². The van der Waals surface area contributed by atoms with Gasteiger partial charge in [0.05, 0.1) is 45.2 Å². The Bertz CT molecular complexity index is 1270. The van der Waals surface area contributed by atoms with Crippen molar-refractivity contribution in [2.24, 2.45) is 46.3 Å². The van der Waals surface area contributed by atoms with E-state index < -0.39 is 0 Å². The zero-order valence-corrected chi connectivity index (χ0v) is 41.8. The molecule has 4 aliphatic carbocycles. The highest BCUT2D eigenvalue weighted by Gasteiger charge is 2.59. The quantitative estimate of drug-likeness (QED) is 0.0498. The van der Waals surface area contributed by atoms with Crippen molar-refractivity contribution in [2.75, 3.05) is 59.3 Å². The largest absolute Gasteiger partial charge is 0.379 e. The molecule has 0 aromatic rings. The Morgan fingerprint density at radius 3 is 2.23 bits per heavy atom. The standard InChI is InChI=1S/C57H101NO4/c1-7-8-9-10-11-12-13-14-15-16-17-18-19-20-21-25-39-60-46-51(45-58-37-23-22-24-38-58)62-43-41-59-40-42-61-50-33-35-56(5)49(44-50)29-30-52-54-32-31-53(48(4)28-26-27-47(2)3)57(54,6)36-34-55(52)56/h11-12,14-15,29,47-48,50-55H,7-10,13,16-28,30-46H2,1-6H3/t48-,50+,51+,52?,53-,54?,55?,56+,57-/m1/s1. The molecule has 5 nitrogen and oxygen atoms in total. The lowest BCUT2D eigenvalue weighted by molar-refractivity contribution is -0.0737. The van der Waals surface area contributed by atoms with Crippen molar-refractivity contribution in [3.63, 3.8) is 0 Å². The molecule has 0 radical (unpaired) electrons. The third-order valence-corrected chi connectivity index (χ3v) is 17.1. The van der Waals surface area contributed by atoms with Crippen LogP contribution in [0.15, 0.2) is 36.0 Å². The van der Waals surface area contributed by atoms with Crippen LogP contribution < -0.4 is 0 Å². The molecule has 9 atom stereocenters. The fourth-order valence-corrected chi connectivity index (χ4v) is 13.4. The maximum Gasteiger partial charge on any atom is 0.0936 e. The molecular weight excluding hydrogens is 763 g/mol. The van der Waals surface area contributed by atoms with E-state index in [2.05, 4.69) is 76.8 Å². The Hall–Kier alpha value is -0.980. The second-order valence-corrected chi connectivity index (χ2v) is 22.2. The van der Waals surface area contributed by atoms with Gasteiger partial charge in [-0.1, -0.05) is 142 Å². The first kappa shape index (κ1) is 52.0. The molecule has 0 amide bonds. The molecule has 1 aliphatic heterocycles. The minimum atomic E-state index is 0.119. The zero-order chi connectivity index (χ0) is 43.9. The maximum absolute atomic E-state index is 6.52. The number of ether oxygens (including phenoxy) is 4. The first-order valence-electron chi connectivity index (χ1n) is 27.3. The third-order valence-electron chi connectivity index (χ3n) is 17.1. The predicted octanol–water partition coefficient (Wildman–Crippen LogP) is 15.1. The molecule has 5 heteroatoms. The first-order valence-corrected chi connectivity index (χ1v) is 27.3. The third kappa shape index (κ3) is 16.7.